The van der Waals surface area contributed by atoms with E-state index in [1.807, 2.05) is 16.8 Å². The van der Waals surface area contributed by atoms with E-state index < -0.39 is 0 Å². The van der Waals surface area contributed by atoms with E-state index in [1.165, 1.54) is 0 Å². The molecule has 1 heterocycles. The van der Waals surface area contributed by atoms with Gasteiger partial charge in [0, 0.05) is 18.0 Å². The SMILES string of the molecule is CCCCn1cnc(CC(C#N)c2ccc(Cl)cc2)n1. The monoisotopic (exact) mass is 288 g/mol. The Morgan fingerprint density at radius 2 is 2.10 bits per heavy atom. The van der Waals surface area contributed by atoms with E-state index in [9.17, 15) is 5.26 Å². The van der Waals surface area contributed by atoms with Gasteiger partial charge in [0.1, 0.15) is 6.33 Å². The van der Waals surface area contributed by atoms with Gasteiger partial charge in [0.25, 0.3) is 0 Å². The summed E-state index contributed by atoms with van der Waals surface area (Å²) in [6.45, 7) is 3.02. The molecule has 0 N–H and O–H groups in total. The quantitative estimate of drug-likeness (QED) is 0.816. The Hall–Kier alpha value is -1.86. The van der Waals surface area contributed by atoms with Crippen LogP contribution in [0.4, 0.5) is 0 Å². The summed E-state index contributed by atoms with van der Waals surface area (Å²) >= 11 is 5.86. The third-order valence-corrected chi connectivity index (χ3v) is 3.39. The van der Waals surface area contributed by atoms with Crippen LogP contribution in [0.3, 0.4) is 0 Å². The number of nitrogens with zero attached hydrogens (tertiary/aromatic N) is 4. The number of aromatic nitrogens is 3. The fourth-order valence-corrected chi connectivity index (χ4v) is 2.10. The van der Waals surface area contributed by atoms with Crippen LogP contribution < -0.4 is 0 Å². The van der Waals surface area contributed by atoms with Crippen LogP contribution in [-0.4, -0.2) is 14.8 Å². The van der Waals surface area contributed by atoms with Gasteiger partial charge in [0.15, 0.2) is 5.82 Å². The highest BCUT2D eigenvalue weighted by molar-refractivity contribution is 6.30. The number of unbranched alkanes of at least 4 members (excludes halogenated alkanes) is 1. The summed E-state index contributed by atoms with van der Waals surface area (Å²) in [5.41, 5.74) is 0.946. The van der Waals surface area contributed by atoms with E-state index in [1.54, 1.807) is 18.5 Å². The third kappa shape index (κ3) is 3.82. The molecule has 104 valence electrons. The predicted molar refractivity (Wildman–Crippen MR) is 78.4 cm³/mol. The molecular formula is C15H17ClN4. The normalized spacial score (nSPS) is 12.1. The minimum atomic E-state index is -0.241. The maximum absolute atomic E-state index is 9.31. The summed E-state index contributed by atoms with van der Waals surface area (Å²) in [4.78, 5) is 4.27. The molecule has 2 rings (SSSR count). The number of aryl methyl sites for hydroxylation is 1. The summed E-state index contributed by atoms with van der Waals surface area (Å²) in [5.74, 6) is 0.469. The second kappa shape index (κ2) is 7.06. The topological polar surface area (TPSA) is 54.5 Å². The van der Waals surface area contributed by atoms with E-state index in [0.717, 1.165) is 24.9 Å². The van der Waals surface area contributed by atoms with Crippen molar-refractivity contribution in [2.24, 2.45) is 0 Å². The van der Waals surface area contributed by atoms with Crippen molar-refractivity contribution in [1.29, 1.82) is 5.26 Å². The minimum Gasteiger partial charge on any atom is -0.253 e. The smallest absolute Gasteiger partial charge is 0.152 e. The Balaban J connectivity index is 2.05. The maximum Gasteiger partial charge on any atom is 0.152 e. The van der Waals surface area contributed by atoms with Crippen LogP contribution in [-0.2, 0) is 13.0 Å². The van der Waals surface area contributed by atoms with E-state index in [0.29, 0.717) is 17.3 Å². The van der Waals surface area contributed by atoms with Crippen molar-refractivity contribution in [1.82, 2.24) is 14.8 Å². The van der Waals surface area contributed by atoms with Crippen LogP contribution in [0.5, 0.6) is 0 Å². The molecule has 0 aliphatic rings. The van der Waals surface area contributed by atoms with Gasteiger partial charge in [0.2, 0.25) is 0 Å². The first-order valence-electron chi connectivity index (χ1n) is 6.76. The summed E-state index contributed by atoms with van der Waals surface area (Å²) < 4.78 is 1.84. The molecule has 20 heavy (non-hydrogen) atoms. The van der Waals surface area contributed by atoms with Crippen molar-refractivity contribution in [3.8, 4) is 6.07 Å². The van der Waals surface area contributed by atoms with Gasteiger partial charge in [-0.05, 0) is 24.1 Å². The highest BCUT2D eigenvalue weighted by atomic mass is 35.5. The summed E-state index contributed by atoms with van der Waals surface area (Å²) in [6.07, 6.45) is 4.47. The Morgan fingerprint density at radius 1 is 1.35 bits per heavy atom. The lowest BCUT2D eigenvalue weighted by molar-refractivity contribution is 0.563. The van der Waals surface area contributed by atoms with Gasteiger partial charge in [-0.25, -0.2) is 4.98 Å². The first-order valence-corrected chi connectivity index (χ1v) is 7.14. The van der Waals surface area contributed by atoms with Gasteiger partial charge in [0.05, 0.1) is 12.0 Å². The lowest BCUT2D eigenvalue weighted by Gasteiger charge is -2.07. The van der Waals surface area contributed by atoms with Crippen LogP contribution in [0, 0.1) is 11.3 Å². The Morgan fingerprint density at radius 3 is 2.75 bits per heavy atom. The van der Waals surface area contributed by atoms with Crippen molar-refractivity contribution in [3.05, 3.63) is 47.0 Å². The maximum atomic E-state index is 9.31. The Kier molecular flexibility index (Phi) is 5.14. The van der Waals surface area contributed by atoms with Gasteiger partial charge in [-0.15, -0.1) is 0 Å². The van der Waals surface area contributed by atoms with Crippen molar-refractivity contribution < 1.29 is 0 Å². The van der Waals surface area contributed by atoms with E-state index >= 15 is 0 Å². The van der Waals surface area contributed by atoms with Crippen LogP contribution >= 0.6 is 11.6 Å². The summed E-state index contributed by atoms with van der Waals surface area (Å²) in [7, 11) is 0. The molecular weight excluding hydrogens is 272 g/mol. The fourth-order valence-electron chi connectivity index (χ4n) is 1.97. The van der Waals surface area contributed by atoms with Gasteiger partial charge in [-0.3, -0.25) is 4.68 Å². The molecule has 0 amide bonds. The van der Waals surface area contributed by atoms with E-state index in [2.05, 4.69) is 23.1 Å². The average Bonchev–Trinajstić information content (AvgIpc) is 2.91. The fraction of sp³-hybridized carbons (Fsp3) is 0.400. The number of hydrogen-bond donors (Lipinski definition) is 0. The van der Waals surface area contributed by atoms with Gasteiger partial charge >= 0.3 is 0 Å². The lowest BCUT2D eigenvalue weighted by Crippen LogP contribution is -2.04. The number of rotatable bonds is 6. The molecule has 0 aliphatic carbocycles. The highest BCUT2D eigenvalue weighted by Crippen LogP contribution is 2.20. The molecule has 0 aliphatic heterocycles. The molecule has 0 fully saturated rings. The Bertz CT molecular complexity index is 583. The molecule has 2 aromatic rings. The molecule has 5 heteroatoms. The Labute approximate surface area is 124 Å². The van der Waals surface area contributed by atoms with E-state index in [-0.39, 0.29) is 5.92 Å². The lowest BCUT2D eigenvalue weighted by atomic mass is 9.97. The second-order valence-electron chi connectivity index (χ2n) is 4.71. The standard InChI is InChI=1S/C15H17ClN4/c1-2-3-8-20-11-18-15(19-20)9-13(10-17)12-4-6-14(16)7-5-12/h4-7,11,13H,2-3,8-9H2,1H3. The molecule has 1 aromatic carbocycles. The number of hydrogen-bond acceptors (Lipinski definition) is 3. The van der Waals surface area contributed by atoms with Gasteiger partial charge < -0.3 is 0 Å². The summed E-state index contributed by atoms with van der Waals surface area (Å²) in [5, 5.41) is 14.4. The number of benzene rings is 1. The number of halogens is 1. The van der Waals surface area contributed by atoms with Gasteiger partial charge in [-0.1, -0.05) is 37.1 Å². The zero-order valence-corrected chi connectivity index (χ0v) is 12.2. The van der Waals surface area contributed by atoms with Crippen LogP contribution in [0.25, 0.3) is 0 Å². The van der Waals surface area contributed by atoms with Crippen molar-refractivity contribution in [3.63, 3.8) is 0 Å². The molecule has 4 nitrogen and oxygen atoms in total. The molecule has 0 spiro atoms. The zero-order valence-electron chi connectivity index (χ0n) is 11.5. The second-order valence-corrected chi connectivity index (χ2v) is 5.15. The molecule has 0 saturated heterocycles. The van der Waals surface area contributed by atoms with E-state index in [4.69, 9.17) is 11.6 Å². The molecule has 0 radical (unpaired) electrons. The minimum absolute atomic E-state index is 0.241. The zero-order chi connectivity index (χ0) is 14.4. The first-order chi connectivity index (χ1) is 9.72. The van der Waals surface area contributed by atoms with Crippen molar-refractivity contribution in [2.75, 3.05) is 0 Å². The van der Waals surface area contributed by atoms with Crippen molar-refractivity contribution >= 4 is 11.6 Å². The van der Waals surface area contributed by atoms with Crippen LogP contribution in [0.15, 0.2) is 30.6 Å². The molecule has 0 bridgehead atoms. The largest absolute Gasteiger partial charge is 0.253 e. The molecule has 0 saturated carbocycles. The average molecular weight is 289 g/mol. The molecule has 1 atom stereocenters. The first kappa shape index (κ1) is 14.5. The van der Waals surface area contributed by atoms with Gasteiger partial charge in [-0.2, -0.15) is 10.4 Å². The summed E-state index contributed by atoms with van der Waals surface area (Å²) in [6, 6.07) is 9.67. The number of nitriles is 1. The van der Waals surface area contributed by atoms with Crippen molar-refractivity contribution in [2.45, 2.75) is 38.6 Å². The van der Waals surface area contributed by atoms with Crippen LogP contribution in [0.1, 0.15) is 37.1 Å². The predicted octanol–water partition coefficient (Wildman–Crippen LogP) is 3.58. The highest BCUT2D eigenvalue weighted by Gasteiger charge is 2.14. The molecule has 1 aromatic heterocycles. The third-order valence-electron chi connectivity index (χ3n) is 3.14. The molecule has 1 unspecified atom stereocenters. The van der Waals surface area contributed by atoms with Crippen LogP contribution in [0.2, 0.25) is 5.02 Å².